The molecule has 3 radical (unpaired) electrons. The highest BCUT2D eigenvalue weighted by Crippen LogP contribution is 2.25. The third-order valence-electron chi connectivity index (χ3n) is 7.59. The standard InChI is InChI=1S/C9H17BN3O2.C9H15BN3O.C7H15BN3O.C2H4O2.CH4.3H3P/c1-7(14)11-12-9(15)8-4-3-5-13(6-8)10-2;1-7-11-12-9(14-7)8-4-3-5-13(6-8)10-2;1-8-11-4-2-3-6(5-11)7(12)10-9;1-2(3)4;;;;/h8H,3-6H2,1-2H3,(H,11,14)(H,12,15);8H,3-6H2,1-2H3;6H,2-5,9H2,1H3,(H,10,12);1H3,(H,3,4);1H4;3*1H3. The van der Waals surface area contributed by atoms with Gasteiger partial charge in [0, 0.05) is 26.7 Å². The molecule has 6 N–H and O–H groups in total. The van der Waals surface area contributed by atoms with Crippen molar-refractivity contribution in [1.82, 2.24) is 40.9 Å². The van der Waals surface area contributed by atoms with Gasteiger partial charge in [0.2, 0.25) is 51.7 Å². The molecule has 6 atom stereocenters. The molecule has 1 aromatic rings. The van der Waals surface area contributed by atoms with Crippen molar-refractivity contribution in [1.29, 1.82) is 0 Å². The number of nitrogens with zero attached hydrogens (tertiary/aromatic N) is 5. The molecule has 0 spiro atoms. The van der Waals surface area contributed by atoms with Crippen LogP contribution in [0.4, 0.5) is 0 Å². The summed E-state index contributed by atoms with van der Waals surface area (Å²) in [5, 5.41) is 15.4. The Hall–Kier alpha value is -1.66. The second-order valence-corrected chi connectivity index (χ2v) is 11.1. The van der Waals surface area contributed by atoms with Crippen LogP contribution in [0.2, 0.25) is 20.5 Å². The Labute approximate surface area is 306 Å². The molecule has 3 aliphatic rings. The summed E-state index contributed by atoms with van der Waals surface area (Å²) in [6.07, 6.45) is 6.29. The number of amides is 3. The first kappa shape index (κ1) is 54.1. The number of carboxylic acid groups (broad SMARTS) is 1. The number of aliphatic carboxylic acids is 1. The topological polar surface area (TPSA) is 199 Å². The van der Waals surface area contributed by atoms with Crippen LogP contribution in [0.25, 0.3) is 0 Å². The van der Waals surface area contributed by atoms with E-state index in [1.54, 1.807) is 0 Å². The number of nitrogens with one attached hydrogen (secondary N) is 3. The fourth-order valence-electron chi connectivity index (χ4n) is 5.20. The van der Waals surface area contributed by atoms with E-state index < -0.39 is 5.97 Å². The molecular weight excluding hydrogens is 684 g/mol. The van der Waals surface area contributed by atoms with Crippen LogP contribution in [0.3, 0.4) is 0 Å². The molecule has 0 aliphatic carbocycles. The second kappa shape index (κ2) is 31.1. The van der Waals surface area contributed by atoms with E-state index in [9.17, 15) is 14.4 Å². The summed E-state index contributed by atoms with van der Waals surface area (Å²) in [4.78, 5) is 49.0. The molecule has 15 nitrogen and oxygen atoms in total. The highest BCUT2D eigenvalue weighted by atomic mass is 31.0. The molecule has 4 rings (SSSR count). The Morgan fingerprint density at radius 1 is 0.776 bits per heavy atom. The lowest BCUT2D eigenvalue weighted by Crippen LogP contribution is -2.48. The first-order valence-electron chi connectivity index (χ1n) is 15.6. The number of carbonyl (C=O) groups excluding carboxylic acids is 3. The Bertz CT molecular complexity index is 1050. The van der Waals surface area contributed by atoms with Crippen molar-refractivity contribution in [3.05, 3.63) is 11.8 Å². The van der Waals surface area contributed by atoms with Gasteiger partial charge in [-0.15, -0.1) is 10.2 Å². The van der Waals surface area contributed by atoms with Crippen LogP contribution >= 0.6 is 29.7 Å². The molecule has 3 aliphatic heterocycles. The van der Waals surface area contributed by atoms with Gasteiger partial charge in [0.1, 0.15) is 0 Å². The zero-order valence-electron chi connectivity index (χ0n) is 29.9. The predicted molar refractivity (Wildman–Crippen MR) is 214 cm³/mol. The molecule has 4 heterocycles. The minimum atomic E-state index is -0.833. The van der Waals surface area contributed by atoms with Crippen molar-refractivity contribution in [2.24, 2.45) is 17.7 Å². The number of carbonyl (C=O) groups is 4. The van der Waals surface area contributed by atoms with Crippen molar-refractivity contribution < 1.29 is 28.7 Å². The summed E-state index contributed by atoms with van der Waals surface area (Å²) >= 11 is 0. The van der Waals surface area contributed by atoms with Gasteiger partial charge in [-0.3, -0.25) is 35.5 Å². The van der Waals surface area contributed by atoms with Crippen LogP contribution < -0.4 is 22.1 Å². The number of hydrazine groups is 2. The lowest BCUT2D eigenvalue weighted by atomic mass is 9.87. The third-order valence-corrected chi connectivity index (χ3v) is 7.59. The lowest BCUT2D eigenvalue weighted by molar-refractivity contribution is -0.134. The van der Waals surface area contributed by atoms with Crippen molar-refractivity contribution in [3.63, 3.8) is 0 Å². The number of aromatic nitrogens is 2. The maximum absolute atomic E-state index is 11.6. The van der Waals surface area contributed by atoms with E-state index in [-0.39, 0.29) is 66.7 Å². The molecule has 3 saturated heterocycles. The number of aryl methyl sites for hydroxylation is 1. The van der Waals surface area contributed by atoms with Gasteiger partial charge in [0.15, 0.2) is 0 Å². The monoisotopic (exact) mass is 748 g/mol. The van der Waals surface area contributed by atoms with Crippen molar-refractivity contribution in [2.75, 3.05) is 39.3 Å². The molecule has 0 aromatic carbocycles. The van der Waals surface area contributed by atoms with Crippen molar-refractivity contribution in [3.8, 4) is 0 Å². The number of carboxylic acids is 1. The highest BCUT2D eigenvalue weighted by molar-refractivity contribution is 6.92. The second-order valence-electron chi connectivity index (χ2n) is 11.1. The largest absolute Gasteiger partial charge is 0.481 e. The number of rotatable bonds is 6. The molecule has 49 heavy (non-hydrogen) atoms. The molecule has 6 unspecified atom stereocenters. The van der Waals surface area contributed by atoms with Gasteiger partial charge in [0.25, 0.3) is 5.97 Å². The van der Waals surface area contributed by atoms with E-state index in [0.29, 0.717) is 11.8 Å². The fourth-order valence-corrected chi connectivity index (χ4v) is 5.20. The van der Waals surface area contributed by atoms with Gasteiger partial charge >= 0.3 is 0 Å². The molecule has 0 saturated carbocycles. The smallest absolute Gasteiger partial charge is 0.300 e. The zero-order chi connectivity index (χ0) is 33.8. The summed E-state index contributed by atoms with van der Waals surface area (Å²) in [5.41, 5.74) is 6.93. The van der Waals surface area contributed by atoms with Crippen molar-refractivity contribution in [2.45, 2.75) is 93.1 Å². The summed E-state index contributed by atoms with van der Waals surface area (Å²) in [5.74, 6) is 5.76. The van der Waals surface area contributed by atoms with Crippen LogP contribution in [-0.4, -0.2) is 115 Å². The maximum atomic E-state index is 11.6. The molecule has 1 aromatic heterocycles. The van der Waals surface area contributed by atoms with E-state index >= 15 is 0 Å². The number of nitrogens with two attached hydrogens (primary N) is 1. The minimum absolute atomic E-state index is 0. The summed E-state index contributed by atoms with van der Waals surface area (Å²) < 4.78 is 5.45. The first-order chi connectivity index (χ1) is 21.4. The van der Waals surface area contributed by atoms with E-state index in [4.69, 9.17) is 20.2 Å². The van der Waals surface area contributed by atoms with Gasteiger partial charge in [0.05, 0.1) is 11.8 Å². The fraction of sp³-hybridized carbons (Fsp3) is 0.786. The van der Waals surface area contributed by atoms with E-state index in [0.717, 1.165) is 84.2 Å². The molecule has 281 valence electrons. The summed E-state index contributed by atoms with van der Waals surface area (Å²) in [7, 11) is 6.16. The van der Waals surface area contributed by atoms with E-state index in [1.807, 2.05) is 35.4 Å². The SMILES string of the molecule is C.CC(=O)O.C[B]N1CCCC(C(=O)NN)C1.C[B]N1CCCC(C(=O)NNC(C)=O)C1.C[B]N1CCCC(c2nnc(C)o2)C1.P.P.P. The van der Waals surface area contributed by atoms with Gasteiger partial charge in [-0.2, -0.15) is 29.7 Å². The molecule has 21 heteroatoms. The van der Waals surface area contributed by atoms with Gasteiger partial charge in [-0.25, -0.2) is 5.84 Å². The average molecular weight is 748 g/mol. The molecular formula is C28H64B3N9O6P3. The maximum Gasteiger partial charge on any atom is 0.300 e. The number of piperidine rings is 3. The van der Waals surface area contributed by atoms with E-state index in [1.165, 1.54) is 13.3 Å². The Balaban J connectivity index is -0.000000284. The molecule has 0 bridgehead atoms. The summed E-state index contributed by atoms with van der Waals surface area (Å²) in [6, 6.07) is 0. The van der Waals surface area contributed by atoms with E-state index in [2.05, 4.69) is 55.1 Å². The van der Waals surface area contributed by atoms with Gasteiger partial charge in [-0.05, 0) is 77.8 Å². The van der Waals surface area contributed by atoms with Crippen LogP contribution in [0, 0.1) is 18.8 Å². The normalized spacial score (nSPS) is 20.1. The third kappa shape index (κ3) is 23.4. The Morgan fingerprint density at radius 2 is 1.20 bits per heavy atom. The highest BCUT2D eigenvalue weighted by Gasteiger charge is 2.26. The van der Waals surface area contributed by atoms with Gasteiger partial charge < -0.3 is 24.0 Å². The van der Waals surface area contributed by atoms with Crippen LogP contribution in [0.15, 0.2) is 4.42 Å². The zero-order valence-corrected chi connectivity index (χ0v) is 34.1. The van der Waals surface area contributed by atoms with Crippen LogP contribution in [-0.2, 0) is 19.2 Å². The molecule has 3 fully saturated rings. The first-order valence-corrected chi connectivity index (χ1v) is 15.6. The van der Waals surface area contributed by atoms with Crippen LogP contribution in [0.1, 0.15) is 77.5 Å². The Kier molecular flexibility index (Phi) is 34.4. The van der Waals surface area contributed by atoms with Gasteiger partial charge in [-0.1, -0.05) is 27.9 Å². The molecule has 3 amide bonds. The lowest BCUT2D eigenvalue weighted by Gasteiger charge is -2.30. The quantitative estimate of drug-likeness (QED) is 0.0912. The predicted octanol–water partition coefficient (Wildman–Crippen LogP) is 1.01. The number of hydrogen-bond donors (Lipinski definition) is 5. The Morgan fingerprint density at radius 3 is 1.59 bits per heavy atom. The van der Waals surface area contributed by atoms with Crippen LogP contribution in [0.5, 0.6) is 0 Å². The number of hydrogen-bond acceptors (Lipinski definition) is 11. The minimum Gasteiger partial charge on any atom is -0.481 e. The average Bonchev–Trinajstić information content (AvgIpc) is 3.49. The summed E-state index contributed by atoms with van der Waals surface area (Å²) in [6.45, 7) is 16.1. The van der Waals surface area contributed by atoms with Crippen molar-refractivity contribution >= 4 is 75.6 Å².